The first kappa shape index (κ1) is 25.1. The summed E-state index contributed by atoms with van der Waals surface area (Å²) in [7, 11) is 0. The van der Waals surface area contributed by atoms with Crippen LogP contribution in [0.15, 0.2) is 29.6 Å². The number of benzene rings is 1. The summed E-state index contributed by atoms with van der Waals surface area (Å²) < 4.78 is 2.60. The van der Waals surface area contributed by atoms with Crippen molar-refractivity contribution in [2.75, 3.05) is 55.1 Å². The van der Waals surface area contributed by atoms with Crippen molar-refractivity contribution < 1.29 is 4.79 Å². The van der Waals surface area contributed by atoms with Gasteiger partial charge in [-0.25, -0.2) is 0 Å². The van der Waals surface area contributed by atoms with E-state index in [0.29, 0.717) is 11.8 Å². The highest BCUT2D eigenvalue weighted by molar-refractivity contribution is 14.1. The Kier molecular flexibility index (Phi) is 10.2. The lowest BCUT2D eigenvalue weighted by Gasteiger charge is -2.36. The first-order chi connectivity index (χ1) is 14.8. The van der Waals surface area contributed by atoms with E-state index in [1.165, 1.54) is 39.5 Å². The van der Waals surface area contributed by atoms with Crippen molar-refractivity contribution in [3.05, 3.63) is 29.6 Å². The maximum Gasteiger partial charge on any atom is 0.225 e. The van der Waals surface area contributed by atoms with E-state index in [2.05, 4.69) is 66.9 Å². The summed E-state index contributed by atoms with van der Waals surface area (Å²) in [5.41, 5.74) is 1.40. The van der Waals surface area contributed by atoms with Gasteiger partial charge in [0, 0.05) is 61.0 Å². The molecule has 2 aromatic rings. The Labute approximate surface area is 210 Å². The smallest absolute Gasteiger partial charge is 0.225 e. The summed E-state index contributed by atoms with van der Waals surface area (Å²) in [4.78, 5) is 19.8. The van der Waals surface area contributed by atoms with Crippen molar-refractivity contribution in [1.82, 2.24) is 9.80 Å². The van der Waals surface area contributed by atoms with Crippen LogP contribution in [0, 0.1) is 5.92 Å². The van der Waals surface area contributed by atoms with Gasteiger partial charge in [0.25, 0.3) is 0 Å². The molecule has 0 saturated carbocycles. The van der Waals surface area contributed by atoms with Crippen LogP contribution < -0.4 is 4.90 Å². The van der Waals surface area contributed by atoms with Crippen molar-refractivity contribution in [3.8, 4) is 0 Å². The average molecular weight is 576 g/mol. The van der Waals surface area contributed by atoms with E-state index in [1.807, 2.05) is 11.3 Å². The molecule has 0 radical (unpaired) electrons. The number of carbonyl (C=O) groups excluding carboxylic acids is 1. The number of likely N-dealkylation sites (tertiary alicyclic amines) is 1. The van der Waals surface area contributed by atoms with Crippen molar-refractivity contribution in [1.29, 1.82) is 0 Å². The van der Waals surface area contributed by atoms with E-state index >= 15 is 0 Å². The molecule has 0 spiro atoms. The van der Waals surface area contributed by atoms with Crippen LogP contribution in [0.1, 0.15) is 38.5 Å². The van der Waals surface area contributed by atoms with Crippen LogP contribution in [0.2, 0.25) is 0 Å². The third-order valence-corrected chi connectivity index (χ3v) is 8.33. The van der Waals surface area contributed by atoms with Gasteiger partial charge in [0.2, 0.25) is 5.91 Å². The lowest BCUT2D eigenvalue weighted by molar-refractivity contribution is -0.131. The molecule has 0 aliphatic carbocycles. The average Bonchev–Trinajstić information content (AvgIpc) is 3.39. The third kappa shape index (κ3) is 6.49. The molecule has 1 amide bonds. The Morgan fingerprint density at radius 3 is 2.58 bits per heavy atom. The number of thiophene rings is 1. The van der Waals surface area contributed by atoms with Crippen LogP contribution in [0.25, 0.3) is 10.1 Å². The number of anilines is 1. The van der Waals surface area contributed by atoms with Crippen molar-refractivity contribution in [2.45, 2.75) is 38.5 Å². The summed E-state index contributed by atoms with van der Waals surface area (Å²) in [5, 5.41) is 3.60. The lowest BCUT2D eigenvalue weighted by atomic mass is 10.0. The third-order valence-electron chi connectivity index (χ3n) is 6.68. The van der Waals surface area contributed by atoms with Gasteiger partial charge in [-0.3, -0.25) is 9.69 Å². The van der Waals surface area contributed by atoms with Crippen molar-refractivity contribution in [2.24, 2.45) is 5.92 Å². The lowest BCUT2D eigenvalue weighted by Crippen LogP contribution is -2.46. The second kappa shape index (κ2) is 12.6. The van der Waals surface area contributed by atoms with Gasteiger partial charge in [0.15, 0.2) is 0 Å². The number of unbranched alkanes of at least 4 members (excludes halogenated alkanes) is 2. The van der Waals surface area contributed by atoms with E-state index in [-0.39, 0.29) is 12.4 Å². The molecule has 2 saturated heterocycles. The van der Waals surface area contributed by atoms with E-state index in [4.69, 9.17) is 0 Å². The van der Waals surface area contributed by atoms with Gasteiger partial charge in [-0.15, -0.1) is 23.7 Å². The van der Waals surface area contributed by atoms with Crippen molar-refractivity contribution >= 4 is 68.0 Å². The Morgan fingerprint density at radius 1 is 0.968 bits per heavy atom. The molecule has 4 rings (SSSR count). The summed E-state index contributed by atoms with van der Waals surface area (Å²) in [6.45, 7) is 7.61. The van der Waals surface area contributed by atoms with Crippen LogP contribution in [-0.4, -0.2) is 65.9 Å². The largest absolute Gasteiger partial charge is 0.368 e. The number of alkyl halides is 1. The molecule has 3 heterocycles. The quantitative estimate of drug-likeness (QED) is 0.207. The molecular formula is C24H35ClIN3OS. The summed E-state index contributed by atoms with van der Waals surface area (Å²) in [6.07, 6.45) is 6.98. The van der Waals surface area contributed by atoms with Crippen LogP contribution in [0.4, 0.5) is 5.69 Å². The highest BCUT2D eigenvalue weighted by atomic mass is 127. The molecule has 1 aromatic heterocycles. The summed E-state index contributed by atoms with van der Waals surface area (Å²) >= 11 is 4.26. The molecule has 2 fully saturated rings. The highest BCUT2D eigenvalue weighted by Gasteiger charge is 2.30. The highest BCUT2D eigenvalue weighted by Crippen LogP contribution is 2.31. The monoisotopic (exact) mass is 575 g/mol. The molecule has 0 N–H and O–H groups in total. The number of nitrogens with zero attached hydrogens (tertiary/aromatic N) is 3. The molecule has 7 heteroatoms. The number of fused-ring (bicyclic) bond motifs is 1. The standard InChI is InChI=1S/C24H34IN3OS.ClH/c25-11-2-1-6-20-9-14-28(24(20)29)13-4-3-12-26-15-17-27(18-16-26)22-7-5-8-23-21(22)10-19-30-23;/h5,7-8,10,19-20H,1-4,6,9,11-18H2;1H. The Balaban J connectivity index is 0.00000272. The number of piperazine rings is 1. The molecule has 2 aliphatic heterocycles. The predicted octanol–water partition coefficient (Wildman–Crippen LogP) is 5.68. The summed E-state index contributed by atoms with van der Waals surface area (Å²) in [6, 6.07) is 8.94. The van der Waals surface area contributed by atoms with E-state index < -0.39 is 0 Å². The molecule has 4 nitrogen and oxygen atoms in total. The van der Waals surface area contributed by atoms with Crippen LogP contribution >= 0.6 is 46.3 Å². The Hall–Kier alpha value is -0.570. The molecule has 172 valence electrons. The molecule has 1 atom stereocenters. The van der Waals surface area contributed by atoms with Gasteiger partial charge in [-0.1, -0.05) is 35.1 Å². The van der Waals surface area contributed by atoms with E-state index in [0.717, 1.165) is 65.1 Å². The number of amides is 1. The molecule has 31 heavy (non-hydrogen) atoms. The zero-order valence-corrected chi connectivity index (χ0v) is 22.1. The van der Waals surface area contributed by atoms with Crippen LogP contribution in [0.3, 0.4) is 0 Å². The molecule has 1 unspecified atom stereocenters. The number of halogens is 2. The fourth-order valence-corrected chi connectivity index (χ4v) is 6.23. The molecule has 2 aliphatic rings. The fourth-order valence-electron chi connectivity index (χ4n) is 4.88. The van der Waals surface area contributed by atoms with Crippen LogP contribution in [0.5, 0.6) is 0 Å². The zero-order chi connectivity index (χ0) is 20.8. The van der Waals surface area contributed by atoms with Crippen molar-refractivity contribution in [3.63, 3.8) is 0 Å². The first-order valence-corrected chi connectivity index (χ1v) is 13.9. The molecular weight excluding hydrogens is 541 g/mol. The minimum atomic E-state index is 0. The van der Waals surface area contributed by atoms with Gasteiger partial charge < -0.3 is 9.80 Å². The molecule has 0 bridgehead atoms. The van der Waals surface area contributed by atoms with Crippen LogP contribution in [-0.2, 0) is 4.79 Å². The summed E-state index contributed by atoms with van der Waals surface area (Å²) in [5.74, 6) is 0.744. The second-order valence-corrected chi connectivity index (χ2v) is 10.7. The topological polar surface area (TPSA) is 26.8 Å². The van der Waals surface area contributed by atoms with Gasteiger partial charge in [0.05, 0.1) is 0 Å². The second-order valence-electron chi connectivity index (χ2n) is 8.64. The fraction of sp³-hybridized carbons (Fsp3) is 0.625. The predicted molar refractivity (Wildman–Crippen MR) is 144 cm³/mol. The Bertz CT molecular complexity index is 824. The van der Waals surface area contributed by atoms with E-state index in [1.54, 1.807) is 0 Å². The number of hydrogen-bond donors (Lipinski definition) is 0. The van der Waals surface area contributed by atoms with Gasteiger partial charge in [-0.05, 0) is 66.7 Å². The normalized spacial score (nSPS) is 19.9. The van der Waals surface area contributed by atoms with Gasteiger partial charge in [-0.2, -0.15) is 0 Å². The zero-order valence-electron chi connectivity index (χ0n) is 18.3. The minimum absolute atomic E-state index is 0. The maximum absolute atomic E-state index is 12.5. The number of hydrogen-bond acceptors (Lipinski definition) is 4. The SMILES string of the molecule is Cl.O=C1C(CCCCI)CCN1CCCCN1CCN(c2cccc3sccc23)CC1. The number of carbonyl (C=O) groups is 1. The van der Waals surface area contributed by atoms with Gasteiger partial charge in [0.1, 0.15) is 0 Å². The Morgan fingerprint density at radius 2 is 1.77 bits per heavy atom. The molecule has 1 aromatic carbocycles. The van der Waals surface area contributed by atoms with E-state index in [9.17, 15) is 4.79 Å². The maximum atomic E-state index is 12.5. The first-order valence-electron chi connectivity index (χ1n) is 11.5. The van der Waals surface area contributed by atoms with Gasteiger partial charge >= 0.3 is 0 Å². The number of rotatable bonds is 10. The minimum Gasteiger partial charge on any atom is -0.368 e.